The highest BCUT2D eigenvalue weighted by molar-refractivity contribution is 5.92. The minimum Gasteiger partial charge on any atom is -0.387 e. The van der Waals surface area contributed by atoms with E-state index in [1.165, 1.54) is 5.56 Å². The van der Waals surface area contributed by atoms with Crippen LogP contribution in [0.2, 0.25) is 0 Å². The summed E-state index contributed by atoms with van der Waals surface area (Å²) in [5, 5.41) is 13.5. The van der Waals surface area contributed by atoms with Gasteiger partial charge in [0, 0.05) is 18.2 Å². The largest absolute Gasteiger partial charge is 0.387 e. The minimum absolute atomic E-state index is 0.296. The highest BCUT2D eigenvalue weighted by atomic mass is 16.3. The lowest BCUT2D eigenvalue weighted by molar-refractivity contribution is 0.100. The molecule has 4 N–H and O–H groups in total. The Bertz CT molecular complexity index is 611. The van der Waals surface area contributed by atoms with E-state index in [0.717, 1.165) is 18.4 Å². The van der Waals surface area contributed by atoms with Crippen molar-refractivity contribution >= 4 is 5.91 Å². The lowest BCUT2D eigenvalue weighted by Crippen LogP contribution is -2.30. The van der Waals surface area contributed by atoms with E-state index >= 15 is 0 Å². The summed E-state index contributed by atoms with van der Waals surface area (Å²) in [6.07, 6.45) is 1.38. The molecular formula is C19H24N2O2. The van der Waals surface area contributed by atoms with Crippen LogP contribution in [0.1, 0.15) is 40.9 Å². The average molecular weight is 312 g/mol. The molecule has 23 heavy (non-hydrogen) atoms. The Kier molecular flexibility index (Phi) is 6.32. The summed E-state index contributed by atoms with van der Waals surface area (Å²) < 4.78 is 0. The molecule has 4 nitrogen and oxygen atoms in total. The third-order valence-electron chi connectivity index (χ3n) is 3.95. The fourth-order valence-corrected chi connectivity index (χ4v) is 2.43. The minimum atomic E-state index is -0.492. The third-order valence-corrected chi connectivity index (χ3v) is 3.95. The fourth-order valence-electron chi connectivity index (χ4n) is 2.43. The molecule has 0 aliphatic carbocycles. The van der Waals surface area contributed by atoms with E-state index in [9.17, 15) is 9.90 Å². The van der Waals surface area contributed by atoms with Gasteiger partial charge in [-0.2, -0.15) is 0 Å². The number of nitrogens with one attached hydrogen (secondary N) is 1. The van der Waals surface area contributed by atoms with E-state index in [1.807, 2.05) is 42.5 Å². The summed E-state index contributed by atoms with van der Waals surface area (Å²) in [4.78, 5) is 11.0. The van der Waals surface area contributed by atoms with Crippen molar-refractivity contribution in [2.45, 2.75) is 31.9 Å². The van der Waals surface area contributed by atoms with Gasteiger partial charge in [0.1, 0.15) is 0 Å². The average Bonchev–Trinajstić information content (AvgIpc) is 2.59. The van der Waals surface area contributed by atoms with Crippen molar-refractivity contribution in [2.24, 2.45) is 5.73 Å². The number of carbonyl (C=O) groups excluding carboxylic acids is 1. The first-order valence-corrected chi connectivity index (χ1v) is 7.91. The van der Waals surface area contributed by atoms with Gasteiger partial charge in [0.25, 0.3) is 0 Å². The first kappa shape index (κ1) is 17.2. The van der Waals surface area contributed by atoms with Crippen LogP contribution in [-0.4, -0.2) is 23.6 Å². The number of amides is 1. The van der Waals surface area contributed by atoms with Gasteiger partial charge in [0.05, 0.1) is 6.10 Å². The van der Waals surface area contributed by atoms with Crippen molar-refractivity contribution in [3.05, 3.63) is 71.3 Å². The Labute approximate surface area is 137 Å². The lowest BCUT2D eigenvalue weighted by atomic mass is 10.0. The van der Waals surface area contributed by atoms with Gasteiger partial charge in [-0.25, -0.2) is 0 Å². The van der Waals surface area contributed by atoms with Crippen LogP contribution in [-0.2, 0) is 6.42 Å². The number of aliphatic hydroxyl groups excluding tert-OH is 1. The second kappa shape index (κ2) is 8.46. The van der Waals surface area contributed by atoms with Crippen LogP contribution in [0.15, 0.2) is 54.6 Å². The van der Waals surface area contributed by atoms with E-state index in [2.05, 4.69) is 12.2 Å². The number of nitrogens with two attached hydrogens (primary N) is 1. The van der Waals surface area contributed by atoms with Crippen molar-refractivity contribution in [1.82, 2.24) is 5.32 Å². The molecule has 2 aromatic rings. The summed E-state index contributed by atoms with van der Waals surface area (Å²) in [5.74, 6) is -0.401. The van der Waals surface area contributed by atoms with Crippen LogP contribution in [0.4, 0.5) is 0 Å². The number of rotatable bonds is 8. The topological polar surface area (TPSA) is 75.4 Å². The maximum Gasteiger partial charge on any atom is 0.248 e. The lowest BCUT2D eigenvalue weighted by Gasteiger charge is -2.17. The van der Waals surface area contributed by atoms with Crippen LogP contribution in [0.3, 0.4) is 0 Å². The summed E-state index contributed by atoms with van der Waals surface area (Å²) in [7, 11) is 0. The van der Waals surface area contributed by atoms with Crippen molar-refractivity contribution in [1.29, 1.82) is 0 Å². The summed E-state index contributed by atoms with van der Waals surface area (Å²) >= 11 is 0. The second-order valence-electron chi connectivity index (χ2n) is 5.84. The van der Waals surface area contributed by atoms with E-state index in [-0.39, 0.29) is 0 Å². The highest BCUT2D eigenvalue weighted by Crippen LogP contribution is 2.12. The number of hydrogen-bond donors (Lipinski definition) is 3. The first-order chi connectivity index (χ1) is 11.1. The van der Waals surface area contributed by atoms with Gasteiger partial charge in [-0.05, 0) is 43.0 Å². The molecule has 0 bridgehead atoms. The molecule has 2 aromatic carbocycles. The molecule has 4 heteroatoms. The number of carbonyl (C=O) groups is 1. The van der Waals surface area contributed by atoms with Gasteiger partial charge in [0.2, 0.25) is 5.91 Å². The second-order valence-corrected chi connectivity index (χ2v) is 5.84. The van der Waals surface area contributed by atoms with Crippen LogP contribution in [0.5, 0.6) is 0 Å². The molecule has 2 atom stereocenters. The fraction of sp³-hybridized carbons (Fsp3) is 0.316. The molecule has 0 saturated heterocycles. The third kappa shape index (κ3) is 5.51. The molecule has 0 fully saturated rings. The van der Waals surface area contributed by atoms with Gasteiger partial charge in [0.15, 0.2) is 0 Å². The number of primary amides is 1. The Hall–Kier alpha value is -2.17. The van der Waals surface area contributed by atoms with Gasteiger partial charge in [-0.15, -0.1) is 0 Å². The van der Waals surface area contributed by atoms with E-state index in [1.54, 1.807) is 12.1 Å². The first-order valence-electron chi connectivity index (χ1n) is 7.91. The van der Waals surface area contributed by atoms with Crippen molar-refractivity contribution in [3.8, 4) is 0 Å². The van der Waals surface area contributed by atoms with Crippen LogP contribution in [0, 0.1) is 0 Å². The van der Waals surface area contributed by atoms with E-state index in [0.29, 0.717) is 18.2 Å². The maximum atomic E-state index is 11.0. The molecule has 0 unspecified atom stereocenters. The van der Waals surface area contributed by atoms with Gasteiger partial charge < -0.3 is 16.2 Å². The molecule has 0 aliphatic heterocycles. The SMILES string of the molecule is C[C@@H](CCc1ccc(C(N)=O)cc1)NC[C@@H](O)c1ccccc1. The Morgan fingerprint density at radius 1 is 1.13 bits per heavy atom. The van der Waals surface area contributed by atoms with Gasteiger partial charge in [-0.3, -0.25) is 4.79 Å². The van der Waals surface area contributed by atoms with Crippen molar-refractivity contribution in [3.63, 3.8) is 0 Å². The highest BCUT2D eigenvalue weighted by Gasteiger charge is 2.09. The zero-order valence-electron chi connectivity index (χ0n) is 13.4. The van der Waals surface area contributed by atoms with Gasteiger partial charge in [-0.1, -0.05) is 42.5 Å². The molecule has 0 aromatic heterocycles. The predicted octanol–water partition coefficient (Wildman–Crippen LogP) is 2.43. The van der Waals surface area contributed by atoms with Gasteiger partial charge >= 0.3 is 0 Å². The van der Waals surface area contributed by atoms with Crippen molar-refractivity contribution < 1.29 is 9.90 Å². The van der Waals surface area contributed by atoms with Crippen molar-refractivity contribution in [2.75, 3.05) is 6.54 Å². The smallest absolute Gasteiger partial charge is 0.248 e. The molecule has 0 heterocycles. The Balaban J connectivity index is 1.74. The molecule has 0 aliphatic rings. The predicted molar refractivity (Wildman–Crippen MR) is 92.1 cm³/mol. The van der Waals surface area contributed by atoms with Crippen LogP contribution < -0.4 is 11.1 Å². The number of aryl methyl sites for hydroxylation is 1. The normalized spacial score (nSPS) is 13.5. The maximum absolute atomic E-state index is 11.0. The standard InChI is InChI=1S/C19H24N2O2/c1-14(21-13-18(22)16-5-3-2-4-6-16)7-8-15-9-11-17(12-10-15)19(20)23/h2-6,9-12,14,18,21-22H,7-8,13H2,1H3,(H2,20,23)/t14-,18+/m0/s1. The number of aliphatic hydroxyl groups is 1. The molecule has 0 radical (unpaired) electrons. The summed E-state index contributed by atoms with van der Waals surface area (Å²) in [5.41, 5.74) is 7.86. The molecule has 122 valence electrons. The summed E-state index contributed by atoms with van der Waals surface area (Å²) in [6.45, 7) is 2.64. The van der Waals surface area contributed by atoms with Crippen LogP contribution in [0.25, 0.3) is 0 Å². The zero-order chi connectivity index (χ0) is 16.7. The van der Waals surface area contributed by atoms with E-state index < -0.39 is 12.0 Å². The number of hydrogen-bond acceptors (Lipinski definition) is 3. The van der Waals surface area contributed by atoms with Crippen LogP contribution >= 0.6 is 0 Å². The quantitative estimate of drug-likeness (QED) is 0.701. The number of benzene rings is 2. The molecule has 1 amide bonds. The van der Waals surface area contributed by atoms with E-state index in [4.69, 9.17) is 5.73 Å². The molecule has 0 saturated carbocycles. The molecular weight excluding hydrogens is 288 g/mol. The monoisotopic (exact) mass is 312 g/mol. The Morgan fingerprint density at radius 2 is 1.78 bits per heavy atom. The molecule has 2 rings (SSSR count). The molecule has 0 spiro atoms. The zero-order valence-corrected chi connectivity index (χ0v) is 13.4. The summed E-state index contributed by atoms with van der Waals surface area (Å²) in [6, 6.07) is 17.3. The Morgan fingerprint density at radius 3 is 2.39 bits per heavy atom.